The first-order valence-electron chi connectivity index (χ1n) is 6.04. The molecule has 0 saturated carbocycles. The van der Waals surface area contributed by atoms with Crippen LogP contribution in [-0.4, -0.2) is 45.5 Å². The molecule has 1 aliphatic rings. The van der Waals surface area contributed by atoms with E-state index in [0.717, 1.165) is 11.5 Å². The number of amides is 1. The molecule has 3 heterocycles. The van der Waals surface area contributed by atoms with Crippen molar-refractivity contribution in [2.75, 3.05) is 19.7 Å². The van der Waals surface area contributed by atoms with E-state index >= 15 is 0 Å². The fourth-order valence-electron chi connectivity index (χ4n) is 2.08. The van der Waals surface area contributed by atoms with Crippen LogP contribution in [0, 0.1) is 6.92 Å². The number of H-pyrrole nitrogens is 1. The highest BCUT2D eigenvalue weighted by Crippen LogP contribution is 2.21. The van der Waals surface area contributed by atoms with Gasteiger partial charge in [-0.2, -0.15) is 0 Å². The number of aromatic amines is 1. The summed E-state index contributed by atoms with van der Waals surface area (Å²) in [6.45, 7) is 3.55. The van der Waals surface area contributed by atoms with E-state index in [9.17, 15) is 4.79 Å². The molecule has 2 aromatic heterocycles. The summed E-state index contributed by atoms with van der Waals surface area (Å²) in [7, 11) is 0. The molecule has 0 spiro atoms. The van der Waals surface area contributed by atoms with E-state index in [1.165, 1.54) is 11.3 Å². The maximum atomic E-state index is 12.2. The van der Waals surface area contributed by atoms with E-state index in [0.29, 0.717) is 25.4 Å². The number of rotatable bonds is 2. The molecule has 0 aromatic carbocycles. The minimum atomic E-state index is -0.190. The van der Waals surface area contributed by atoms with Gasteiger partial charge in [-0.25, -0.2) is 9.97 Å². The SMILES string of the molecule is Cc1cnc(C2CN(C(=O)c3cscn3)CCO2)[nH]1. The van der Waals surface area contributed by atoms with E-state index in [1.54, 1.807) is 22.0 Å². The van der Waals surface area contributed by atoms with Crippen molar-refractivity contribution in [3.8, 4) is 0 Å². The van der Waals surface area contributed by atoms with Gasteiger partial charge in [-0.05, 0) is 6.92 Å². The molecule has 1 unspecified atom stereocenters. The Morgan fingerprint density at radius 2 is 2.47 bits per heavy atom. The predicted molar refractivity (Wildman–Crippen MR) is 70.0 cm³/mol. The Labute approximate surface area is 114 Å². The number of ether oxygens (including phenoxy) is 1. The molecule has 1 N–H and O–H groups in total. The molecule has 1 aliphatic heterocycles. The number of hydrogen-bond acceptors (Lipinski definition) is 5. The highest BCUT2D eigenvalue weighted by molar-refractivity contribution is 7.07. The lowest BCUT2D eigenvalue weighted by molar-refractivity contribution is -0.0266. The van der Waals surface area contributed by atoms with Gasteiger partial charge in [0.15, 0.2) is 0 Å². The minimum Gasteiger partial charge on any atom is -0.367 e. The van der Waals surface area contributed by atoms with Crippen LogP contribution in [0.15, 0.2) is 17.1 Å². The Balaban J connectivity index is 1.73. The van der Waals surface area contributed by atoms with Gasteiger partial charge in [-0.1, -0.05) is 0 Å². The fourth-order valence-corrected chi connectivity index (χ4v) is 2.60. The maximum absolute atomic E-state index is 12.2. The molecule has 2 aromatic rings. The van der Waals surface area contributed by atoms with Crippen molar-refractivity contribution in [1.82, 2.24) is 19.9 Å². The summed E-state index contributed by atoms with van der Waals surface area (Å²) in [6.07, 6.45) is 1.57. The molecular weight excluding hydrogens is 264 g/mol. The van der Waals surface area contributed by atoms with Gasteiger partial charge >= 0.3 is 0 Å². The minimum absolute atomic E-state index is 0.0437. The number of thiazole rings is 1. The normalized spacial score (nSPS) is 19.6. The molecule has 1 atom stereocenters. The standard InChI is InChI=1S/C12H14N4O2S/c1-8-4-13-11(15-8)10-5-16(2-3-18-10)12(17)9-6-19-7-14-9/h4,6-7,10H,2-3,5H2,1H3,(H,13,15). The summed E-state index contributed by atoms with van der Waals surface area (Å²) in [5, 5.41) is 1.77. The maximum Gasteiger partial charge on any atom is 0.273 e. The number of aryl methyl sites for hydroxylation is 1. The Hall–Kier alpha value is -1.73. The van der Waals surface area contributed by atoms with Crippen molar-refractivity contribution < 1.29 is 9.53 Å². The average Bonchev–Trinajstić information content (AvgIpc) is 3.09. The molecule has 19 heavy (non-hydrogen) atoms. The number of aromatic nitrogens is 3. The zero-order valence-electron chi connectivity index (χ0n) is 10.5. The lowest BCUT2D eigenvalue weighted by atomic mass is 10.2. The quantitative estimate of drug-likeness (QED) is 0.901. The number of morpholine rings is 1. The van der Waals surface area contributed by atoms with Crippen LogP contribution < -0.4 is 0 Å². The van der Waals surface area contributed by atoms with E-state index in [4.69, 9.17) is 4.74 Å². The smallest absolute Gasteiger partial charge is 0.273 e. The summed E-state index contributed by atoms with van der Waals surface area (Å²) >= 11 is 1.42. The van der Waals surface area contributed by atoms with Crippen LogP contribution in [0.25, 0.3) is 0 Å². The number of carbonyl (C=O) groups is 1. The van der Waals surface area contributed by atoms with Crippen molar-refractivity contribution in [2.45, 2.75) is 13.0 Å². The van der Waals surface area contributed by atoms with Crippen molar-refractivity contribution in [3.05, 3.63) is 34.3 Å². The molecule has 0 radical (unpaired) electrons. The molecule has 1 saturated heterocycles. The second-order valence-corrected chi connectivity index (χ2v) is 5.15. The molecule has 7 heteroatoms. The first-order valence-corrected chi connectivity index (χ1v) is 6.99. The third kappa shape index (κ3) is 2.52. The topological polar surface area (TPSA) is 71.1 Å². The third-order valence-electron chi connectivity index (χ3n) is 3.03. The first kappa shape index (κ1) is 12.3. The van der Waals surface area contributed by atoms with Crippen LogP contribution in [-0.2, 0) is 4.74 Å². The van der Waals surface area contributed by atoms with Crippen LogP contribution in [0.4, 0.5) is 0 Å². The Kier molecular flexibility index (Phi) is 3.31. The number of imidazole rings is 1. The van der Waals surface area contributed by atoms with Crippen molar-refractivity contribution in [2.24, 2.45) is 0 Å². The molecule has 0 aliphatic carbocycles. The highest BCUT2D eigenvalue weighted by Gasteiger charge is 2.28. The lowest BCUT2D eigenvalue weighted by Gasteiger charge is -2.31. The van der Waals surface area contributed by atoms with Gasteiger partial charge in [0.25, 0.3) is 5.91 Å². The summed E-state index contributed by atoms with van der Waals surface area (Å²) in [4.78, 5) is 25.5. The van der Waals surface area contributed by atoms with E-state index < -0.39 is 0 Å². The van der Waals surface area contributed by atoms with Crippen molar-refractivity contribution in [3.63, 3.8) is 0 Å². The molecule has 3 rings (SSSR count). The largest absolute Gasteiger partial charge is 0.367 e. The van der Waals surface area contributed by atoms with Gasteiger partial charge in [-0.3, -0.25) is 4.79 Å². The van der Waals surface area contributed by atoms with Gasteiger partial charge in [0.2, 0.25) is 0 Å². The van der Waals surface area contributed by atoms with Gasteiger partial charge in [0.1, 0.15) is 17.6 Å². The molecular formula is C12H14N4O2S. The fraction of sp³-hybridized carbons (Fsp3) is 0.417. The van der Waals surface area contributed by atoms with Crippen LogP contribution in [0.1, 0.15) is 28.1 Å². The van der Waals surface area contributed by atoms with Gasteiger partial charge in [0, 0.05) is 23.8 Å². The monoisotopic (exact) mass is 278 g/mol. The van der Waals surface area contributed by atoms with Gasteiger partial charge < -0.3 is 14.6 Å². The van der Waals surface area contributed by atoms with Crippen molar-refractivity contribution >= 4 is 17.2 Å². The van der Waals surface area contributed by atoms with Gasteiger partial charge in [0.05, 0.1) is 18.7 Å². The number of nitrogens with one attached hydrogen (secondary N) is 1. The van der Waals surface area contributed by atoms with Gasteiger partial charge in [-0.15, -0.1) is 11.3 Å². The lowest BCUT2D eigenvalue weighted by Crippen LogP contribution is -2.42. The number of nitrogens with zero attached hydrogens (tertiary/aromatic N) is 3. The third-order valence-corrected chi connectivity index (χ3v) is 3.62. The summed E-state index contributed by atoms with van der Waals surface area (Å²) < 4.78 is 5.67. The summed E-state index contributed by atoms with van der Waals surface area (Å²) in [6, 6.07) is 0. The molecule has 6 nitrogen and oxygen atoms in total. The molecule has 1 amide bonds. The molecule has 0 bridgehead atoms. The summed E-state index contributed by atoms with van der Waals surface area (Å²) in [5.74, 6) is 0.728. The zero-order chi connectivity index (χ0) is 13.2. The predicted octanol–water partition coefficient (Wildman–Crippen LogP) is 1.39. The zero-order valence-corrected chi connectivity index (χ0v) is 11.3. The second kappa shape index (κ2) is 5.10. The van der Waals surface area contributed by atoms with E-state index in [2.05, 4.69) is 15.0 Å². The molecule has 100 valence electrons. The second-order valence-electron chi connectivity index (χ2n) is 4.44. The van der Waals surface area contributed by atoms with Crippen LogP contribution in [0.3, 0.4) is 0 Å². The van der Waals surface area contributed by atoms with E-state index in [1.807, 2.05) is 6.92 Å². The van der Waals surface area contributed by atoms with Crippen LogP contribution in [0.5, 0.6) is 0 Å². The van der Waals surface area contributed by atoms with Crippen LogP contribution >= 0.6 is 11.3 Å². The molecule has 1 fully saturated rings. The highest BCUT2D eigenvalue weighted by atomic mass is 32.1. The Morgan fingerprint density at radius 3 is 3.16 bits per heavy atom. The first-order chi connectivity index (χ1) is 9.24. The average molecular weight is 278 g/mol. The van der Waals surface area contributed by atoms with Crippen molar-refractivity contribution in [1.29, 1.82) is 0 Å². The van der Waals surface area contributed by atoms with Crippen LogP contribution in [0.2, 0.25) is 0 Å². The Bertz CT molecular complexity index is 566. The number of hydrogen-bond donors (Lipinski definition) is 1. The Morgan fingerprint density at radius 1 is 1.58 bits per heavy atom. The van der Waals surface area contributed by atoms with E-state index in [-0.39, 0.29) is 12.0 Å². The number of carbonyl (C=O) groups excluding carboxylic acids is 1. The summed E-state index contributed by atoms with van der Waals surface area (Å²) in [5.41, 5.74) is 3.16.